The summed E-state index contributed by atoms with van der Waals surface area (Å²) in [5.74, 6) is -0.0563. The molecule has 1 saturated heterocycles. The first-order valence-electron chi connectivity index (χ1n) is 5.58. The van der Waals surface area contributed by atoms with E-state index in [4.69, 9.17) is 15.1 Å². The van der Waals surface area contributed by atoms with Crippen LogP contribution in [0.3, 0.4) is 0 Å². The fourth-order valence-electron chi connectivity index (χ4n) is 1.97. The van der Waals surface area contributed by atoms with Crippen molar-refractivity contribution < 1.29 is 25.3 Å². The number of aliphatic hydroxyl groups is 3. The third kappa shape index (κ3) is 2.22. The maximum absolute atomic E-state index is 11.7. The molecule has 9 nitrogen and oxygen atoms in total. The third-order valence-corrected chi connectivity index (χ3v) is 3.21. The quantitative estimate of drug-likeness (QED) is 0.401. The molecule has 1 aliphatic rings. The number of anilines is 1. The number of rotatable bonds is 3. The fraction of sp³-hybridized carbons (Fsp3) is 0.600. The van der Waals surface area contributed by atoms with E-state index in [2.05, 4.69) is 4.98 Å². The van der Waals surface area contributed by atoms with E-state index in [1.54, 1.807) is 5.48 Å². The minimum absolute atomic E-state index is 0.0563. The molecule has 1 aliphatic heterocycles. The summed E-state index contributed by atoms with van der Waals surface area (Å²) in [4.78, 5) is 15.2. The molecule has 0 spiro atoms. The lowest BCUT2D eigenvalue weighted by Crippen LogP contribution is -2.46. The van der Waals surface area contributed by atoms with Crippen molar-refractivity contribution in [2.75, 3.05) is 12.1 Å². The minimum Gasteiger partial charge on any atom is -0.394 e. The third-order valence-electron chi connectivity index (χ3n) is 3.21. The van der Waals surface area contributed by atoms with E-state index in [9.17, 15) is 15.0 Å². The molecule has 1 fully saturated rings. The molecule has 0 saturated carbocycles. The summed E-state index contributed by atoms with van der Waals surface area (Å²) in [5, 5.41) is 37.7. The molecule has 5 N–H and O–H groups in total. The van der Waals surface area contributed by atoms with Crippen LogP contribution in [0.15, 0.2) is 17.1 Å². The topological polar surface area (TPSA) is 137 Å². The molecule has 0 bridgehead atoms. The Morgan fingerprint density at radius 1 is 1.63 bits per heavy atom. The SMILES string of the molecule is CC1(O)C(O)[C@H](n2ccc(NO)nc2=O)O[C@@H]1CO. The van der Waals surface area contributed by atoms with Crippen molar-refractivity contribution in [3.05, 3.63) is 22.7 Å². The van der Waals surface area contributed by atoms with E-state index in [-0.39, 0.29) is 5.82 Å². The molecule has 19 heavy (non-hydrogen) atoms. The first-order chi connectivity index (χ1) is 8.91. The maximum atomic E-state index is 11.7. The van der Waals surface area contributed by atoms with Crippen LogP contribution in [0, 0.1) is 0 Å². The highest BCUT2D eigenvalue weighted by molar-refractivity contribution is 5.28. The highest BCUT2D eigenvalue weighted by Crippen LogP contribution is 2.35. The van der Waals surface area contributed by atoms with Crippen molar-refractivity contribution in [1.82, 2.24) is 9.55 Å². The average Bonchev–Trinajstić information content (AvgIpc) is 2.61. The molecular formula is C10H15N3O6. The van der Waals surface area contributed by atoms with Gasteiger partial charge in [0, 0.05) is 6.20 Å². The second kappa shape index (κ2) is 4.87. The van der Waals surface area contributed by atoms with Crippen LogP contribution >= 0.6 is 0 Å². The number of hydrogen-bond donors (Lipinski definition) is 5. The Morgan fingerprint density at radius 3 is 2.79 bits per heavy atom. The predicted molar refractivity (Wildman–Crippen MR) is 61.5 cm³/mol. The van der Waals surface area contributed by atoms with Crippen molar-refractivity contribution in [2.45, 2.75) is 31.0 Å². The molecule has 2 rings (SSSR count). The van der Waals surface area contributed by atoms with Gasteiger partial charge in [0.05, 0.1) is 6.61 Å². The normalized spacial score (nSPS) is 34.5. The lowest BCUT2D eigenvalue weighted by molar-refractivity contribution is -0.0807. The number of nitrogens with one attached hydrogen (secondary N) is 1. The van der Waals surface area contributed by atoms with E-state index in [0.29, 0.717) is 0 Å². The van der Waals surface area contributed by atoms with Crippen molar-refractivity contribution >= 4 is 5.82 Å². The van der Waals surface area contributed by atoms with Gasteiger partial charge in [0.25, 0.3) is 0 Å². The molecule has 106 valence electrons. The molecule has 4 atom stereocenters. The van der Waals surface area contributed by atoms with Gasteiger partial charge in [-0.25, -0.2) is 4.79 Å². The van der Waals surface area contributed by atoms with Crippen molar-refractivity contribution in [2.24, 2.45) is 0 Å². The Labute approximate surface area is 107 Å². The number of nitrogens with zero attached hydrogens (tertiary/aromatic N) is 2. The van der Waals surface area contributed by atoms with Crippen LogP contribution < -0.4 is 11.2 Å². The van der Waals surface area contributed by atoms with E-state index in [1.165, 1.54) is 19.2 Å². The molecule has 2 heterocycles. The first-order valence-corrected chi connectivity index (χ1v) is 5.58. The molecule has 0 radical (unpaired) electrons. The summed E-state index contributed by atoms with van der Waals surface area (Å²) in [6.45, 7) is 0.805. The Morgan fingerprint density at radius 2 is 2.32 bits per heavy atom. The summed E-state index contributed by atoms with van der Waals surface area (Å²) >= 11 is 0. The summed E-state index contributed by atoms with van der Waals surface area (Å²) in [6, 6.07) is 1.29. The van der Waals surface area contributed by atoms with Crippen LogP contribution in [-0.4, -0.2) is 54.5 Å². The van der Waals surface area contributed by atoms with Gasteiger partial charge in [-0.1, -0.05) is 0 Å². The largest absolute Gasteiger partial charge is 0.394 e. The van der Waals surface area contributed by atoms with Crippen LogP contribution in [0.25, 0.3) is 0 Å². The zero-order chi connectivity index (χ0) is 14.2. The molecule has 0 amide bonds. The molecule has 1 aromatic heterocycles. The van der Waals surface area contributed by atoms with E-state index >= 15 is 0 Å². The van der Waals surface area contributed by atoms with Gasteiger partial charge >= 0.3 is 5.69 Å². The number of aromatic nitrogens is 2. The zero-order valence-corrected chi connectivity index (χ0v) is 10.1. The number of hydrogen-bond acceptors (Lipinski definition) is 8. The molecule has 2 unspecified atom stereocenters. The van der Waals surface area contributed by atoms with Crippen LogP contribution in [0.1, 0.15) is 13.2 Å². The Bertz CT molecular complexity index is 516. The lowest BCUT2D eigenvalue weighted by atomic mass is 9.95. The monoisotopic (exact) mass is 273 g/mol. The van der Waals surface area contributed by atoms with Gasteiger partial charge in [-0.2, -0.15) is 4.98 Å². The minimum atomic E-state index is -1.69. The van der Waals surface area contributed by atoms with E-state index < -0.39 is 36.3 Å². The molecule has 1 aromatic rings. The summed E-state index contributed by atoms with van der Waals surface area (Å²) < 4.78 is 6.24. The Hall–Kier alpha value is -1.52. The van der Waals surface area contributed by atoms with Gasteiger partial charge < -0.3 is 20.1 Å². The fourth-order valence-corrected chi connectivity index (χ4v) is 1.97. The molecule has 0 aliphatic carbocycles. The van der Waals surface area contributed by atoms with Crippen LogP contribution in [0.4, 0.5) is 5.82 Å². The molecule has 0 aromatic carbocycles. The number of ether oxygens (including phenoxy) is 1. The second-order valence-electron chi connectivity index (χ2n) is 4.48. The van der Waals surface area contributed by atoms with Crippen molar-refractivity contribution in [3.8, 4) is 0 Å². The molecule has 9 heteroatoms. The highest BCUT2D eigenvalue weighted by atomic mass is 16.6. The van der Waals surface area contributed by atoms with Crippen LogP contribution in [0.5, 0.6) is 0 Å². The summed E-state index contributed by atoms with van der Waals surface area (Å²) in [7, 11) is 0. The zero-order valence-electron chi connectivity index (χ0n) is 10.1. The molecular weight excluding hydrogens is 258 g/mol. The van der Waals surface area contributed by atoms with Gasteiger partial charge in [-0.15, -0.1) is 0 Å². The lowest BCUT2D eigenvalue weighted by Gasteiger charge is -2.25. The van der Waals surface area contributed by atoms with Crippen LogP contribution in [-0.2, 0) is 4.74 Å². The maximum Gasteiger partial charge on any atom is 0.351 e. The summed E-state index contributed by atoms with van der Waals surface area (Å²) in [5.41, 5.74) is -0.752. The van der Waals surface area contributed by atoms with Crippen LogP contribution in [0.2, 0.25) is 0 Å². The van der Waals surface area contributed by atoms with E-state index in [0.717, 1.165) is 4.57 Å². The number of aliphatic hydroxyl groups excluding tert-OH is 2. The van der Waals surface area contributed by atoms with Gasteiger partial charge in [-0.3, -0.25) is 15.3 Å². The first kappa shape index (κ1) is 13.9. The summed E-state index contributed by atoms with van der Waals surface area (Å²) in [6.07, 6.45) is -2.34. The van der Waals surface area contributed by atoms with Crippen molar-refractivity contribution in [3.63, 3.8) is 0 Å². The highest BCUT2D eigenvalue weighted by Gasteiger charge is 2.52. The van der Waals surface area contributed by atoms with Gasteiger partial charge in [0.1, 0.15) is 17.8 Å². The van der Waals surface area contributed by atoms with E-state index in [1.807, 2.05) is 0 Å². The van der Waals surface area contributed by atoms with Gasteiger partial charge in [0.15, 0.2) is 12.0 Å². The predicted octanol–water partition coefficient (Wildman–Crippen LogP) is -1.95. The standard InChI is InChI=1S/C10H15N3O6/c1-10(17)5(4-14)19-8(7(10)15)13-3-2-6(12-18)11-9(13)16/h2-3,5,7-8,14-15,17-18H,4H2,1H3,(H,11,12,16)/t5-,7?,8-,10?/m1/s1. The Balaban J connectivity index is 2.36. The van der Waals surface area contributed by atoms with Gasteiger partial charge in [0.2, 0.25) is 0 Å². The van der Waals surface area contributed by atoms with Crippen molar-refractivity contribution in [1.29, 1.82) is 0 Å². The second-order valence-corrected chi connectivity index (χ2v) is 4.48. The smallest absolute Gasteiger partial charge is 0.351 e. The Kier molecular flexibility index (Phi) is 3.56. The van der Waals surface area contributed by atoms with Gasteiger partial charge in [-0.05, 0) is 13.0 Å². The average molecular weight is 273 g/mol.